The summed E-state index contributed by atoms with van der Waals surface area (Å²) >= 11 is 0. The number of fused-ring (bicyclic) bond motifs is 11. The minimum Gasteiger partial charge on any atom is -0.309 e. The molecule has 0 unspecified atom stereocenters. The minimum absolute atomic E-state index is 0.0296. The van der Waals surface area contributed by atoms with Crippen molar-refractivity contribution < 1.29 is 0 Å². The Kier molecular flexibility index (Phi) is 5.19. The van der Waals surface area contributed by atoms with E-state index >= 15 is 0 Å². The zero-order valence-corrected chi connectivity index (χ0v) is 27.2. The number of hydrogen-bond acceptors (Lipinski definition) is 0. The SMILES string of the molecule is CC1(C)c2ccccc2-c2cc3c4c5ccccc5ccc4n(-c4cccc(-c5cccc6c5-c5ccccc5C6(C)C)c4)c3cc21. The molecule has 10 rings (SSSR count). The maximum absolute atomic E-state index is 2.51. The average Bonchev–Trinajstić information content (AvgIpc) is 3.64. The zero-order chi connectivity index (χ0) is 31.7. The van der Waals surface area contributed by atoms with Crippen LogP contribution in [-0.4, -0.2) is 4.57 Å². The second kappa shape index (κ2) is 9.11. The molecule has 47 heavy (non-hydrogen) atoms. The summed E-state index contributed by atoms with van der Waals surface area (Å²) in [4.78, 5) is 0. The predicted octanol–water partition coefficient (Wildman–Crippen LogP) is 12.2. The largest absolute Gasteiger partial charge is 0.309 e. The van der Waals surface area contributed by atoms with Crippen LogP contribution in [0, 0.1) is 0 Å². The fourth-order valence-electron chi connectivity index (χ4n) is 9.07. The number of hydrogen-bond donors (Lipinski definition) is 0. The van der Waals surface area contributed by atoms with E-state index in [-0.39, 0.29) is 10.8 Å². The summed E-state index contributed by atoms with van der Waals surface area (Å²) in [7, 11) is 0. The van der Waals surface area contributed by atoms with Crippen LogP contribution in [0.3, 0.4) is 0 Å². The van der Waals surface area contributed by atoms with E-state index in [0.29, 0.717) is 0 Å². The van der Waals surface area contributed by atoms with Crippen molar-refractivity contribution in [3.63, 3.8) is 0 Å². The lowest BCUT2D eigenvalue weighted by molar-refractivity contribution is 0.660. The molecule has 8 aromatic rings. The molecule has 0 N–H and O–H groups in total. The molecule has 0 saturated carbocycles. The highest BCUT2D eigenvalue weighted by atomic mass is 15.0. The maximum Gasteiger partial charge on any atom is 0.0547 e. The van der Waals surface area contributed by atoms with Crippen molar-refractivity contribution in [3.8, 4) is 39.1 Å². The Hall–Kier alpha value is -5.40. The third kappa shape index (κ3) is 3.44. The summed E-state index contributed by atoms with van der Waals surface area (Å²) in [6.07, 6.45) is 0. The van der Waals surface area contributed by atoms with Gasteiger partial charge in [-0.15, -0.1) is 0 Å². The molecule has 1 aromatic heterocycles. The van der Waals surface area contributed by atoms with Gasteiger partial charge >= 0.3 is 0 Å². The highest BCUT2D eigenvalue weighted by Crippen LogP contribution is 2.53. The van der Waals surface area contributed by atoms with Gasteiger partial charge in [-0.2, -0.15) is 0 Å². The highest BCUT2D eigenvalue weighted by Gasteiger charge is 2.37. The summed E-state index contributed by atoms with van der Waals surface area (Å²) in [6, 6.07) is 52.4. The summed E-state index contributed by atoms with van der Waals surface area (Å²) in [5.74, 6) is 0. The Morgan fingerprint density at radius 3 is 1.94 bits per heavy atom. The lowest BCUT2D eigenvalue weighted by Crippen LogP contribution is -2.15. The predicted molar refractivity (Wildman–Crippen MR) is 199 cm³/mol. The van der Waals surface area contributed by atoms with E-state index in [2.05, 4.69) is 172 Å². The Morgan fingerprint density at radius 1 is 0.426 bits per heavy atom. The van der Waals surface area contributed by atoms with Crippen molar-refractivity contribution in [3.05, 3.63) is 162 Å². The fourth-order valence-corrected chi connectivity index (χ4v) is 9.07. The molecular formula is C46H35N. The second-order valence-corrected chi connectivity index (χ2v) is 14.6. The first-order valence-electron chi connectivity index (χ1n) is 16.8. The van der Waals surface area contributed by atoms with E-state index in [4.69, 9.17) is 0 Å². The van der Waals surface area contributed by atoms with Crippen molar-refractivity contribution in [1.29, 1.82) is 0 Å². The van der Waals surface area contributed by atoms with E-state index in [1.165, 1.54) is 93.9 Å². The van der Waals surface area contributed by atoms with Gasteiger partial charge in [0.05, 0.1) is 11.0 Å². The number of nitrogens with zero attached hydrogens (tertiary/aromatic N) is 1. The van der Waals surface area contributed by atoms with E-state index in [0.717, 1.165) is 0 Å². The minimum atomic E-state index is -0.0733. The van der Waals surface area contributed by atoms with Crippen LogP contribution in [0.25, 0.3) is 71.6 Å². The van der Waals surface area contributed by atoms with Crippen LogP contribution in [-0.2, 0) is 10.8 Å². The van der Waals surface area contributed by atoms with E-state index in [1.807, 2.05) is 0 Å². The Balaban J connectivity index is 1.27. The van der Waals surface area contributed by atoms with E-state index in [1.54, 1.807) is 0 Å². The zero-order valence-electron chi connectivity index (χ0n) is 27.2. The lowest BCUT2D eigenvalue weighted by atomic mass is 9.82. The molecule has 0 saturated heterocycles. The summed E-state index contributed by atoms with van der Waals surface area (Å²) in [6.45, 7) is 9.47. The molecule has 0 radical (unpaired) electrons. The van der Waals surface area contributed by atoms with Crippen LogP contribution in [0.4, 0.5) is 0 Å². The molecule has 7 aromatic carbocycles. The summed E-state index contributed by atoms with van der Waals surface area (Å²) < 4.78 is 2.51. The first kappa shape index (κ1) is 26.8. The number of aromatic nitrogens is 1. The van der Waals surface area contributed by atoms with Gasteiger partial charge in [0.15, 0.2) is 0 Å². The van der Waals surface area contributed by atoms with Crippen LogP contribution in [0.1, 0.15) is 49.9 Å². The van der Waals surface area contributed by atoms with Crippen LogP contribution in [0.2, 0.25) is 0 Å². The molecule has 1 nitrogen and oxygen atoms in total. The summed E-state index contributed by atoms with van der Waals surface area (Å²) in [5.41, 5.74) is 17.2. The summed E-state index contributed by atoms with van der Waals surface area (Å²) in [5, 5.41) is 5.21. The standard InChI is InChI=1S/C46H35N/c1-45(2)38-21-10-8-18-34(38)43-32(19-12-22-39(43)45)29-14-11-15-30(25-29)47-41-24-23-28-13-5-6-16-31(28)44(41)36-26-35-33-17-7-9-20-37(33)46(3,4)40(35)27-42(36)47/h5-27H,1-4H3. The van der Waals surface area contributed by atoms with Gasteiger partial charge in [-0.3, -0.25) is 0 Å². The third-order valence-electron chi connectivity index (χ3n) is 11.4. The van der Waals surface area contributed by atoms with Crippen LogP contribution in [0.5, 0.6) is 0 Å². The normalized spacial score (nSPS) is 15.1. The maximum atomic E-state index is 2.51. The Bertz CT molecular complexity index is 2630. The quantitative estimate of drug-likeness (QED) is 0.186. The Morgan fingerprint density at radius 2 is 1.09 bits per heavy atom. The molecule has 0 fully saturated rings. The topological polar surface area (TPSA) is 4.93 Å². The van der Waals surface area contributed by atoms with Gasteiger partial charge in [-0.05, 0) is 96.7 Å². The molecule has 1 heteroatoms. The first-order valence-corrected chi connectivity index (χ1v) is 16.8. The molecular weight excluding hydrogens is 567 g/mol. The van der Waals surface area contributed by atoms with Crippen molar-refractivity contribution >= 4 is 32.6 Å². The van der Waals surface area contributed by atoms with Gasteiger partial charge < -0.3 is 4.57 Å². The number of rotatable bonds is 2. The fraction of sp³-hybridized carbons (Fsp3) is 0.130. The molecule has 0 spiro atoms. The third-order valence-corrected chi connectivity index (χ3v) is 11.4. The lowest BCUT2D eigenvalue weighted by Gasteiger charge is -2.22. The molecule has 224 valence electrons. The monoisotopic (exact) mass is 601 g/mol. The molecule has 0 aliphatic heterocycles. The van der Waals surface area contributed by atoms with Gasteiger partial charge in [0.25, 0.3) is 0 Å². The van der Waals surface area contributed by atoms with Crippen molar-refractivity contribution in [2.75, 3.05) is 0 Å². The van der Waals surface area contributed by atoms with Gasteiger partial charge in [0.2, 0.25) is 0 Å². The van der Waals surface area contributed by atoms with Crippen LogP contribution in [0.15, 0.2) is 140 Å². The van der Waals surface area contributed by atoms with Gasteiger partial charge in [0.1, 0.15) is 0 Å². The smallest absolute Gasteiger partial charge is 0.0547 e. The highest BCUT2D eigenvalue weighted by molar-refractivity contribution is 6.22. The van der Waals surface area contributed by atoms with Crippen molar-refractivity contribution in [2.45, 2.75) is 38.5 Å². The van der Waals surface area contributed by atoms with Crippen molar-refractivity contribution in [2.24, 2.45) is 0 Å². The molecule has 0 atom stereocenters. The van der Waals surface area contributed by atoms with Crippen LogP contribution < -0.4 is 0 Å². The Labute approximate surface area is 275 Å². The van der Waals surface area contributed by atoms with E-state index < -0.39 is 0 Å². The first-order chi connectivity index (χ1) is 22.8. The molecule has 0 bridgehead atoms. The van der Waals surface area contributed by atoms with Gasteiger partial charge in [-0.1, -0.05) is 137 Å². The second-order valence-electron chi connectivity index (χ2n) is 14.6. The molecule has 2 aliphatic rings. The van der Waals surface area contributed by atoms with E-state index in [9.17, 15) is 0 Å². The molecule has 1 heterocycles. The van der Waals surface area contributed by atoms with Gasteiger partial charge in [0, 0.05) is 27.3 Å². The molecule has 2 aliphatic carbocycles. The van der Waals surface area contributed by atoms with Crippen molar-refractivity contribution in [1.82, 2.24) is 4.57 Å². The number of benzene rings is 7. The van der Waals surface area contributed by atoms with Gasteiger partial charge in [-0.25, -0.2) is 0 Å². The van der Waals surface area contributed by atoms with Crippen LogP contribution >= 0.6 is 0 Å². The molecule has 0 amide bonds. The average molecular weight is 602 g/mol.